The number of thioether (sulfide) groups is 1. The van der Waals surface area contributed by atoms with Crippen molar-refractivity contribution < 1.29 is 13.2 Å². The van der Waals surface area contributed by atoms with Crippen LogP contribution in [0.15, 0.2) is 23.1 Å². The van der Waals surface area contributed by atoms with Crippen molar-refractivity contribution in [2.45, 2.75) is 31.3 Å². The number of methoxy groups -OCH3 is 1. The summed E-state index contributed by atoms with van der Waals surface area (Å²) in [6.07, 6.45) is 0. The second-order valence-electron chi connectivity index (χ2n) is 4.36. The SMILES string of the molecule is CCSCC(C)NS(=O)(=O)c1ccc(OC)c(CN)c1. The van der Waals surface area contributed by atoms with Gasteiger partial charge in [-0.05, 0) is 30.9 Å². The van der Waals surface area contributed by atoms with Crippen molar-refractivity contribution in [3.63, 3.8) is 0 Å². The molecule has 1 atom stereocenters. The Kier molecular flexibility index (Phi) is 6.81. The van der Waals surface area contributed by atoms with E-state index in [1.165, 1.54) is 13.2 Å². The minimum atomic E-state index is -3.52. The molecular formula is C13H22N2O3S2. The fraction of sp³-hybridized carbons (Fsp3) is 0.538. The van der Waals surface area contributed by atoms with Crippen molar-refractivity contribution in [3.8, 4) is 5.75 Å². The van der Waals surface area contributed by atoms with Crippen molar-refractivity contribution in [2.75, 3.05) is 18.6 Å². The molecule has 0 aliphatic heterocycles. The van der Waals surface area contributed by atoms with Gasteiger partial charge in [-0.3, -0.25) is 0 Å². The lowest BCUT2D eigenvalue weighted by Crippen LogP contribution is -2.34. The largest absolute Gasteiger partial charge is 0.496 e. The van der Waals surface area contributed by atoms with Crippen molar-refractivity contribution in [3.05, 3.63) is 23.8 Å². The number of hydrogen-bond donors (Lipinski definition) is 2. The van der Waals surface area contributed by atoms with Gasteiger partial charge in [0.1, 0.15) is 5.75 Å². The number of sulfonamides is 1. The zero-order chi connectivity index (χ0) is 15.2. The second kappa shape index (κ2) is 7.87. The van der Waals surface area contributed by atoms with Crippen LogP contribution in [0.5, 0.6) is 5.75 Å². The molecule has 0 fully saturated rings. The summed E-state index contributed by atoms with van der Waals surface area (Å²) in [5, 5.41) is 0. The molecule has 114 valence electrons. The van der Waals surface area contributed by atoms with Crippen LogP contribution in [-0.2, 0) is 16.6 Å². The van der Waals surface area contributed by atoms with Gasteiger partial charge in [-0.25, -0.2) is 13.1 Å². The highest BCUT2D eigenvalue weighted by atomic mass is 32.2. The quantitative estimate of drug-likeness (QED) is 0.760. The van der Waals surface area contributed by atoms with E-state index in [9.17, 15) is 8.42 Å². The Morgan fingerprint density at radius 1 is 1.45 bits per heavy atom. The van der Waals surface area contributed by atoms with Crippen LogP contribution in [0.25, 0.3) is 0 Å². The van der Waals surface area contributed by atoms with Crippen LogP contribution in [0.4, 0.5) is 0 Å². The Morgan fingerprint density at radius 3 is 2.70 bits per heavy atom. The molecule has 1 unspecified atom stereocenters. The fourth-order valence-corrected chi connectivity index (χ4v) is 3.82. The summed E-state index contributed by atoms with van der Waals surface area (Å²) in [6.45, 7) is 4.13. The summed E-state index contributed by atoms with van der Waals surface area (Å²) in [4.78, 5) is 0.215. The number of nitrogens with one attached hydrogen (secondary N) is 1. The molecule has 7 heteroatoms. The third-order valence-corrected chi connectivity index (χ3v) is 5.44. The Morgan fingerprint density at radius 2 is 2.15 bits per heavy atom. The fourth-order valence-electron chi connectivity index (χ4n) is 1.74. The molecule has 5 nitrogen and oxygen atoms in total. The molecule has 0 saturated carbocycles. The van der Waals surface area contributed by atoms with Gasteiger partial charge in [-0.15, -0.1) is 0 Å². The molecule has 3 N–H and O–H groups in total. The van der Waals surface area contributed by atoms with Crippen LogP contribution < -0.4 is 15.2 Å². The average Bonchev–Trinajstić information content (AvgIpc) is 2.43. The molecule has 20 heavy (non-hydrogen) atoms. The first kappa shape index (κ1) is 17.3. The van der Waals surface area contributed by atoms with Crippen molar-refractivity contribution in [2.24, 2.45) is 5.73 Å². The van der Waals surface area contributed by atoms with E-state index in [1.54, 1.807) is 23.9 Å². The average molecular weight is 318 g/mol. The molecular weight excluding hydrogens is 296 g/mol. The predicted molar refractivity (Wildman–Crippen MR) is 83.7 cm³/mol. The number of hydrogen-bond acceptors (Lipinski definition) is 5. The van der Waals surface area contributed by atoms with Gasteiger partial charge in [0.2, 0.25) is 10.0 Å². The van der Waals surface area contributed by atoms with Crippen LogP contribution in [0.3, 0.4) is 0 Å². The molecule has 1 rings (SSSR count). The minimum Gasteiger partial charge on any atom is -0.496 e. The summed E-state index contributed by atoms with van der Waals surface area (Å²) in [5.74, 6) is 2.31. The maximum atomic E-state index is 12.3. The van der Waals surface area contributed by atoms with Gasteiger partial charge in [0.25, 0.3) is 0 Å². The van der Waals surface area contributed by atoms with E-state index in [-0.39, 0.29) is 17.5 Å². The first-order chi connectivity index (χ1) is 9.44. The van der Waals surface area contributed by atoms with Crippen LogP contribution in [0, 0.1) is 0 Å². The van der Waals surface area contributed by atoms with E-state index in [0.717, 1.165) is 11.5 Å². The number of benzene rings is 1. The third kappa shape index (κ3) is 4.66. The Hall–Kier alpha value is -0.760. The standard InChI is InChI=1S/C13H22N2O3S2/c1-4-19-9-10(2)15-20(16,17)12-5-6-13(18-3)11(7-12)8-14/h5-7,10,15H,4,8-9,14H2,1-3H3. The zero-order valence-corrected chi connectivity index (χ0v) is 13.7. The normalized spacial score (nSPS) is 13.2. The molecule has 0 spiro atoms. The zero-order valence-electron chi connectivity index (χ0n) is 12.0. The molecule has 0 saturated heterocycles. The van der Waals surface area contributed by atoms with Crippen LogP contribution in [0.2, 0.25) is 0 Å². The van der Waals surface area contributed by atoms with Crippen molar-refractivity contribution in [1.82, 2.24) is 4.72 Å². The molecule has 0 aliphatic rings. The van der Waals surface area contributed by atoms with Gasteiger partial charge in [-0.1, -0.05) is 6.92 Å². The van der Waals surface area contributed by atoms with E-state index >= 15 is 0 Å². The summed E-state index contributed by atoms with van der Waals surface area (Å²) < 4.78 is 32.3. The van der Waals surface area contributed by atoms with E-state index in [0.29, 0.717) is 11.3 Å². The molecule has 0 amide bonds. The third-order valence-electron chi connectivity index (χ3n) is 2.71. The molecule has 0 heterocycles. The first-order valence-corrected chi connectivity index (χ1v) is 9.05. The van der Waals surface area contributed by atoms with Crippen LogP contribution in [0.1, 0.15) is 19.4 Å². The van der Waals surface area contributed by atoms with Crippen molar-refractivity contribution >= 4 is 21.8 Å². The molecule has 0 bridgehead atoms. The Labute approximate surface area is 125 Å². The second-order valence-corrected chi connectivity index (χ2v) is 7.39. The summed E-state index contributed by atoms with van der Waals surface area (Å²) in [6, 6.07) is 4.59. The molecule has 1 aromatic rings. The molecule has 0 aliphatic carbocycles. The highest BCUT2D eigenvalue weighted by molar-refractivity contribution is 7.99. The monoisotopic (exact) mass is 318 g/mol. The van der Waals surface area contributed by atoms with E-state index in [4.69, 9.17) is 10.5 Å². The predicted octanol–water partition coefficient (Wildman–Crippen LogP) is 1.57. The first-order valence-electron chi connectivity index (χ1n) is 6.41. The van der Waals surface area contributed by atoms with E-state index < -0.39 is 10.0 Å². The molecule has 0 radical (unpaired) electrons. The topological polar surface area (TPSA) is 81.4 Å². The highest BCUT2D eigenvalue weighted by Gasteiger charge is 2.18. The van der Waals surface area contributed by atoms with E-state index in [2.05, 4.69) is 4.72 Å². The van der Waals surface area contributed by atoms with Gasteiger partial charge in [0.15, 0.2) is 0 Å². The van der Waals surface area contributed by atoms with Gasteiger partial charge < -0.3 is 10.5 Å². The van der Waals surface area contributed by atoms with Crippen molar-refractivity contribution in [1.29, 1.82) is 0 Å². The Balaban J connectivity index is 2.92. The van der Waals surface area contributed by atoms with Gasteiger partial charge >= 0.3 is 0 Å². The summed E-state index contributed by atoms with van der Waals surface area (Å²) in [5.41, 5.74) is 6.28. The van der Waals surface area contributed by atoms with Gasteiger partial charge in [0, 0.05) is 23.9 Å². The lowest BCUT2D eigenvalue weighted by molar-refractivity contribution is 0.409. The van der Waals surface area contributed by atoms with Gasteiger partial charge in [-0.2, -0.15) is 11.8 Å². The van der Waals surface area contributed by atoms with E-state index in [1.807, 2.05) is 13.8 Å². The Bertz CT molecular complexity index is 532. The highest BCUT2D eigenvalue weighted by Crippen LogP contribution is 2.22. The van der Waals surface area contributed by atoms with Crippen LogP contribution >= 0.6 is 11.8 Å². The summed E-state index contributed by atoms with van der Waals surface area (Å²) in [7, 11) is -1.99. The number of ether oxygens (including phenoxy) is 1. The number of nitrogens with two attached hydrogens (primary N) is 1. The maximum Gasteiger partial charge on any atom is 0.240 e. The smallest absolute Gasteiger partial charge is 0.240 e. The van der Waals surface area contributed by atoms with Gasteiger partial charge in [0.05, 0.1) is 12.0 Å². The minimum absolute atomic E-state index is 0.117. The maximum absolute atomic E-state index is 12.3. The number of rotatable bonds is 8. The van der Waals surface area contributed by atoms with Crippen LogP contribution in [-0.4, -0.2) is 33.1 Å². The lowest BCUT2D eigenvalue weighted by atomic mass is 10.2. The lowest BCUT2D eigenvalue weighted by Gasteiger charge is -2.15. The molecule has 1 aromatic carbocycles. The molecule has 0 aromatic heterocycles. The summed E-state index contributed by atoms with van der Waals surface area (Å²) >= 11 is 1.70.